The highest BCUT2D eigenvalue weighted by atomic mass is 16.3. The van der Waals surface area contributed by atoms with Gasteiger partial charge in [-0.2, -0.15) is 15.2 Å². The zero-order chi connectivity index (χ0) is 23.7. The van der Waals surface area contributed by atoms with Gasteiger partial charge in [0.25, 0.3) is 0 Å². The van der Waals surface area contributed by atoms with Crippen LogP contribution >= 0.6 is 0 Å². The molecule has 2 aromatic heterocycles. The Balaban J connectivity index is 1.60. The van der Waals surface area contributed by atoms with Crippen LogP contribution in [0.25, 0.3) is 11.2 Å². The highest BCUT2D eigenvalue weighted by Crippen LogP contribution is 2.36. The Morgan fingerprint density at radius 2 is 1.82 bits per heavy atom. The van der Waals surface area contributed by atoms with Crippen molar-refractivity contribution in [3.05, 3.63) is 47.5 Å². The maximum absolute atomic E-state index is 11.4. The van der Waals surface area contributed by atoms with Gasteiger partial charge in [-0.1, -0.05) is 56.5 Å². The van der Waals surface area contributed by atoms with Crippen molar-refractivity contribution in [1.29, 1.82) is 5.26 Å². The molecule has 7 nitrogen and oxygen atoms in total. The number of fused-ring (bicyclic) bond motifs is 1. The smallest absolute Gasteiger partial charge is 0.236 e. The van der Waals surface area contributed by atoms with Gasteiger partial charge in [0.2, 0.25) is 5.82 Å². The van der Waals surface area contributed by atoms with E-state index in [-0.39, 0.29) is 11.9 Å². The van der Waals surface area contributed by atoms with E-state index in [9.17, 15) is 10.4 Å². The van der Waals surface area contributed by atoms with Gasteiger partial charge in [-0.15, -0.1) is 0 Å². The van der Waals surface area contributed by atoms with Gasteiger partial charge in [-0.25, -0.2) is 4.98 Å². The molecule has 5 rings (SSSR count). The van der Waals surface area contributed by atoms with E-state index in [2.05, 4.69) is 39.8 Å². The van der Waals surface area contributed by atoms with Crippen LogP contribution in [0.2, 0.25) is 0 Å². The van der Waals surface area contributed by atoms with Gasteiger partial charge in [-0.05, 0) is 55.9 Å². The van der Waals surface area contributed by atoms with Crippen LogP contribution in [0.15, 0.2) is 30.3 Å². The van der Waals surface area contributed by atoms with E-state index in [0.717, 1.165) is 23.5 Å². The van der Waals surface area contributed by atoms with Crippen molar-refractivity contribution >= 4 is 17.0 Å². The molecule has 0 bridgehead atoms. The summed E-state index contributed by atoms with van der Waals surface area (Å²) in [6.07, 6.45) is 7.61. The van der Waals surface area contributed by atoms with Crippen LogP contribution in [0.5, 0.6) is 0 Å². The van der Waals surface area contributed by atoms with Gasteiger partial charge >= 0.3 is 0 Å². The number of imidazole rings is 1. The van der Waals surface area contributed by atoms with Crippen molar-refractivity contribution in [3.8, 4) is 6.07 Å². The van der Waals surface area contributed by atoms with Gasteiger partial charge in [0.1, 0.15) is 23.5 Å². The van der Waals surface area contributed by atoms with Crippen molar-refractivity contribution in [2.24, 2.45) is 17.8 Å². The highest BCUT2D eigenvalue weighted by Gasteiger charge is 2.29. The van der Waals surface area contributed by atoms with Crippen molar-refractivity contribution < 1.29 is 5.11 Å². The maximum atomic E-state index is 11.4. The first-order valence-electron chi connectivity index (χ1n) is 12.7. The number of nitrogens with one attached hydrogen (secondary N) is 1. The Morgan fingerprint density at radius 3 is 2.47 bits per heavy atom. The van der Waals surface area contributed by atoms with E-state index >= 15 is 0 Å². The largest absolute Gasteiger partial charge is 0.380 e. The van der Waals surface area contributed by atoms with Crippen LogP contribution in [0.3, 0.4) is 0 Å². The van der Waals surface area contributed by atoms with Crippen LogP contribution in [0, 0.1) is 29.1 Å². The summed E-state index contributed by atoms with van der Waals surface area (Å²) in [5.74, 6) is 3.23. The Bertz CT molecular complexity index is 1170. The van der Waals surface area contributed by atoms with Crippen LogP contribution < -0.4 is 5.32 Å². The number of nitrogens with zero attached hydrogens (tertiary/aromatic N) is 5. The lowest BCUT2D eigenvalue weighted by Crippen LogP contribution is -2.31. The zero-order valence-corrected chi connectivity index (χ0v) is 20.1. The predicted molar refractivity (Wildman–Crippen MR) is 132 cm³/mol. The molecule has 2 N–H and O–H groups in total. The molecule has 34 heavy (non-hydrogen) atoms. The molecule has 1 unspecified atom stereocenters. The van der Waals surface area contributed by atoms with E-state index in [0.29, 0.717) is 29.1 Å². The Morgan fingerprint density at radius 1 is 1.09 bits per heavy atom. The fraction of sp³-hybridized carbons (Fsp3) is 0.556. The molecule has 0 radical (unpaired) electrons. The number of nitriles is 1. The first-order valence-corrected chi connectivity index (χ1v) is 12.7. The number of aliphatic hydroxyl groups is 1. The second-order valence-corrected chi connectivity index (χ2v) is 10.3. The fourth-order valence-electron chi connectivity index (χ4n) is 5.42. The molecule has 1 aromatic carbocycles. The quantitative estimate of drug-likeness (QED) is 0.504. The molecule has 178 valence electrons. The minimum Gasteiger partial charge on any atom is -0.380 e. The monoisotopic (exact) mass is 458 g/mol. The average molecular weight is 459 g/mol. The number of hydrogen-bond acceptors (Lipinski definition) is 6. The molecule has 0 amide bonds. The number of benzene rings is 1. The van der Waals surface area contributed by atoms with Crippen molar-refractivity contribution in [1.82, 2.24) is 19.5 Å². The zero-order valence-electron chi connectivity index (χ0n) is 20.1. The minimum absolute atomic E-state index is 0.104. The number of hydrogen-bond donors (Lipinski definition) is 2. The summed E-state index contributed by atoms with van der Waals surface area (Å²) in [5.41, 5.74) is 2.07. The Hall–Kier alpha value is -2.98. The average Bonchev–Trinajstić information content (AvgIpc) is 3.17. The lowest BCUT2D eigenvalue weighted by atomic mass is 9.80. The van der Waals surface area contributed by atoms with Crippen LogP contribution in [0.4, 0.5) is 5.82 Å². The topological polar surface area (TPSA) is 99.7 Å². The van der Waals surface area contributed by atoms with Crippen molar-refractivity contribution in [2.75, 3.05) is 5.32 Å². The molecule has 2 aliphatic carbocycles. The van der Waals surface area contributed by atoms with Crippen molar-refractivity contribution in [3.63, 3.8) is 0 Å². The summed E-state index contributed by atoms with van der Waals surface area (Å²) in [6.45, 7) is 5.28. The third kappa shape index (κ3) is 4.52. The summed E-state index contributed by atoms with van der Waals surface area (Å²) in [6, 6.07) is 12.0. The van der Waals surface area contributed by atoms with Gasteiger partial charge in [0.15, 0.2) is 11.5 Å². The third-order valence-electron chi connectivity index (χ3n) is 7.89. The molecular formula is C27H34N6O. The molecule has 0 spiro atoms. The molecule has 2 fully saturated rings. The third-order valence-corrected chi connectivity index (χ3v) is 7.89. The van der Waals surface area contributed by atoms with E-state index in [1.807, 2.05) is 30.3 Å². The summed E-state index contributed by atoms with van der Waals surface area (Å²) < 4.78 is 2.13. The SMILES string of the molecule is C[C@@H](Nc1nc(C#N)nc2nc(C(O)c3ccccc3)n(C[C@H]3CC[C@H](C)CC3)c12)C1CCC1. The molecule has 2 heterocycles. The molecule has 2 saturated carbocycles. The fourth-order valence-corrected chi connectivity index (χ4v) is 5.42. The molecule has 2 atom stereocenters. The first kappa shape index (κ1) is 22.8. The van der Waals surface area contributed by atoms with Gasteiger partial charge in [0, 0.05) is 12.6 Å². The molecule has 7 heteroatoms. The predicted octanol–water partition coefficient (Wildman–Crippen LogP) is 5.21. The highest BCUT2D eigenvalue weighted by molar-refractivity contribution is 5.84. The molecule has 0 aliphatic heterocycles. The number of aliphatic hydroxyl groups excluding tert-OH is 1. The molecule has 3 aromatic rings. The maximum Gasteiger partial charge on any atom is 0.236 e. The van der Waals surface area contributed by atoms with Gasteiger partial charge < -0.3 is 15.0 Å². The van der Waals surface area contributed by atoms with Crippen LogP contribution in [-0.4, -0.2) is 30.7 Å². The summed E-state index contributed by atoms with van der Waals surface area (Å²) in [7, 11) is 0. The first-order chi connectivity index (χ1) is 16.5. The Kier molecular flexibility index (Phi) is 6.51. The molecule has 2 aliphatic rings. The van der Waals surface area contributed by atoms with Crippen molar-refractivity contribution in [2.45, 2.75) is 77.5 Å². The van der Waals surface area contributed by atoms with E-state index < -0.39 is 6.10 Å². The normalized spacial score (nSPS) is 22.6. The number of aromatic nitrogens is 4. The summed E-state index contributed by atoms with van der Waals surface area (Å²) in [4.78, 5) is 13.8. The Labute approximate surface area is 201 Å². The number of rotatable bonds is 7. The lowest BCUT2D eigenvalue weighted by molar-refractivity contribution is 0.198. The van der Waals surface area contributed by atoms with Crippen LogP contribution in [0.1, 0.15) is 82.1 Å². The molecular weight excluding hydrogens is 424 g/mol. The van der Waals surface area contributed by atoms with E-state index in [1.165, 1.54) is 44.9 Å². The van der Waals surface area contributed by atoms with Gasteiger partial charge in [0.05, 0.1) is 0 Å². The van der Waals surface area contributed by atoms with E-state index in [1.54, 1.807) is 0 Å². The second-order valence-electron chi connectivity index (χ2n) is 10.3. The summed E-state index contributed by atoms with van der Waals surface area (Å²) >= 11 is 0. The van der Waals surface area contributed by atoms with E-state index in [4.69, 9.17) is 4.98 Å². The second kappa shape index (κ2) is 9.71. The lowest BCUT2D eigenvalue weighted by Gasteiger charge is -2.32. The van der Waals surface area contributed by atoms with Gasteiger partial charge in [-0.3, -0.25) is 0 Å². The summed E-state index contributed by atoms with van der Waals surface area (Å²) in [5, 5.41) is 24.5. The number of anilines is 1. The minimum atomic E-state index is -0.875. The molecule has 0 saturated heterocycles. The van der Waals surface area contributed by atoms with Crippen LogP contribution in [-0.2, 0) is 6.54 Å². The standard InChI is InChI=1S/C27H34N6O/c1-17-11-13-19(14-12-17)16-33-23-25(29-18(2)20-9-6-10-20)30-22(15-28)31-26(23)32-27(33)24(34)21-7-4-3-5-8-21/h3-5,7-8,17-20,24,34H,6,9-14,16H2,1-2H3,(H,29,30,31)/t17-,18-,19-,24?/m1/s1.